The van der Waals surface area contributed by atoms with Crippen molar-refractivity contribution in [1.82, 2.24) is 0 Å². The average molecular weight is 245 g/mol. The third-order valence-electron chi connectivity index (χ3n) is 4.81. The Labute approximate surface area is 112 Å². The van der Waals surface area contributed by atoms with Crippen LogP contribution in [-0.4, -0.2) is 0 Å². The molecule has 0 saturated heterocycles. The Balaban J connectivity index is 2.07. The fourth-order valence-electron chi connectivity index (χ4n) is 3.02. The van der Waals surface area contributed by atoms with E-state index in [1.54, 1.807) is 0 Å². The zero-order chi connectivity index (χ0) is 13.3. The molecule has 1 aliphatic rings. The molecule has 1 heteroatoms. The van der Waals surface area contributed by atoms with Crippen molar-refractivity contribution in [2.75, 3.05) is 0 Å². The second kappa shape index (κ2) is 5.05. The van der Waals surface area contributed by atoms with Crippen LogP contribution < -0.4 is 5.73 Å². The number of benzene rings is 1. The van der Waals surface area contributed by atoms with E-state index in [0.29, 0.717) is 11.3 Å². The van der Waals surface area contributed by atoms with E-state index in [-0.39, 0.29) is 6.04 Å². The summed E-state index contributed by atoms with van der Waals surface area (Å²) in [4.78, 5) is 0. The molecule has 0 bridgehead atoms. The fraction of sp³-hybridized carbons (Fsp3) is 0.647. The van der Waals surface area contributed by atoms with Gasteiger partial charge in [0.15, 0.2) is 0 Å². The second-order valence-corrected chi connectivity index (χ2v) is 6.87. The number of hydrogen-bond donors (Lipinski definition) is 1. The topological polar surface area (TPSA) is 26.0 Å². The van der Waals surface area contributed by atoms with E-state index in [2.05, 4.69) is 45.9 Å². The first-order chi connectivity index (χ1) is 8.39. The van der Waals surface area contributed by atoms with Crippen molar-refractivity contribution in [3.05, 3.63) is 34.9 Å². The first kappa shape index (κ1) is 13.6. The fourth-order valence-corrected chi connectivity index (χ4v) is 3.02. The molecule has 1 fully saturated rings. The zero-order valence-electron chi connectivity index (χ0n) is 12.3. The normalized spacial score (nSPS) is 21.8. The van der Waals surface area contributed by atoms with Crippen LogP contribution in [0.3, 0.4) is 0 Å². The van der Waals surface area contributed by atoms with Gasteiger partial charge in [0.1, 0.15) is 0 Å². The van der Waals surface area contributed by atoms with Crippen LogP contribution in [0.15, 0.2) is 18.2 Å². The summed E-state index contributed by atoms with van der Waals surface area (Å²) in [7, 11) is 0. The second-order valence-electron chi connectivity index (χ2n) is 6.87. The van der Waals surface area contributed by atoms with Gasteiger partial charge in [-0.3, -0.25) is 0 Å². The van der Waals surface area contributed by atoms with Crippen LogP contribution >= 0.6 is 0 Å². The van der Waals surface area contributed by atoms with Crippen molar-refractivity contribution in [3.8, 4) is 0 Å². The Morgan fingerprint density at radius 2 is 1.72 bits per heavy atom. The van der Waals surface area contributed by atoms with Crippen molar-refractivity contribution in [2.24, 2.45) is 17.1 Å². The Hall–Kier alpha value is -0.820. The lowest BCUT2D eigenvalue weighted by atomic mass is 9.70. The number of aryl methyl sites for hydroxylation is 2. The van der Waals surface area contributed by atoms with E-state index < -0.39 is 0 Å². The average Bonchev–Trinajstić information content (AvgIpc) is 2.32. The molecule has 2 rings (SSSR count). The van der Waals surface area contributed by atoms with Gasteiger partial charge < -0.3 is 5.73 Å². The Morgan fingerprint density at radius 1 is 1.11 bits per heavy atom. The lowest BCUT2D eigenvalue weighted by Gasteiger charge is -2.37. The Kier molecular flexibility index (Phi) is 3.82. The van der Waals surface area contributed by atoms with Crippen molar-refractivity contribution in [3.63, 3.8) is 0 Å². The van der Waals surface area contributed by atoms with E-state index in [0.717, 1.165) is 0 Å². The maximum atomic E-state index is 6.48. The van der Waals surface area contributed by atoms with Crippen LogP contribution in [0.1, 0.15) is 62.3 Å². The Bertz CT molecular complexity index is 410. The molecule has 0 heterocycles. The minimum absolute atomic E-state index is 0.223. The number of nitrogens with two attached hydrogens (primary N) is 1. The summed E-state index contributed by atoms with van der Waals surface area (Å²) in [6, 6.07) is 6.92. The van der Waals surface area contributed by atoms with Gasteiger partial charge in [-0.1, -0.05) is 32.0 Å². The SMILES string of the molecule is Cc1ccc(C(N)C2CCC(C)(C)CC2)cc1C. The van der Waals surface area contributed by atoms with Crippen molar-refractivity contribution in [1.29, 1.82) is 0 Å². The molecule has 0 aromatic heterocycles. The summed E-state index contributed by atoms with van der Waals surface area (Å²) in [5, 5.41) is 0. The quantitative estimate of drug-likeness (QED) is 0.814. The molecule has 0 radical (unpaired) electrons. The summed E-state index contributed by atoms with van der Waals surface area (Å²) < 4.78 is 0. The highest BCUT2D eigenvalue weighted by Gasteiger charge is 2.30. The van der Waals surface area contributed by atoms with Crippen LogP contribution in [0.4, 0.5) is 0 Å². The van der Waals surface area contributed by atoms with E-state index >= 15 is 0 Å². The Morgan fingerprint density at radius 3 is 2.28 bits per heavy atom. The van der Waals surface area contributed by atoms with Gasteiger partial charge in [-0.25, -0.2) is 0 Å². The van der Waals surface area contributed by atoms with Crippen molar-refractivity contribution < 1.29 is 0 Å². The molecule has 0 amide bonds. The van der Waals surface area contributed by atoms with Crippen LogP contribution in [-0.2, 0) is 0 Å². The van der Waals surface area contributed by atoms with E-state index in [1.807, 2.05) is 0 Å². The van der Waals surface area contributed by atoms with E-state index in [1.165, 1.54) is 42.4 Å². The largest absolute Gasteiger partial charge is 0.324 e. The van der Waals surface area contributed by atoms with Gasteiger partial charge in [-0.2, -0.15) is 0 Å². The molecule has 1 aliphatic carbocycles. The summed E-state index contributed by atoms with van der Waals surface area (Å²) in [5.74, 6) is 0.667. The molecule has 2 N–H and O–H groups in total. The minimum atomic E-state index is 0.223. The van der Waals surface area contributed by atoms with Gasteiger partial charge in [0.25, 0.3) is 0 Å². The predicted molar refractivity (Wildman–Crippen MR) is 78.6 cm³/mol. The third kappa shape index (κ3) is 2.95. The monoisotopic (exact) mass is 245 g/mol. The van der Waals surface area contributed by atoms with Gasteiger partial charge in [0.05, 0.1) is 0 Å². The molecule has 100 valence electrons. The lowest BCUT2D eigenvalue weighted by Crippen LogP contribution is -2.29. The molecule has 18 heavy (non-hydrogen) atoms. The first-order valence-electron chi connectivity index (χ1n) is 7.22. The first-order valence-corrected chi connectivity index (χ1v) is 7.22. The standard InChI is InChI=1S/C17H27N/c1-12-5-6-15(11-13(12)2)16(18)14-7-9-17(3,4)10-8-14/h5-6,11,14,16H,7-10,18H2,1-4H3. The molecule has 0 aliphatic heterocycles. The zero-order valence-corrected chi connectivity index (χ0v) is 12.3. The van der Waals surface area contributed by atoms with E-state index in [4.69, 9.17) is 5.73 Å². The predicted octanol–water partition coefficient (Wildman–Crippen LogP) is 4.52. The maximum Gasteiger partial charge on any atom is 0.0323 e. The van der Waals surface area contributed by atoms with Gasteiger partial charge in [0, 0.05) is 6.04 Å². The molecular formula is C17H27N. The van der Waals surface area contributed by atoms with E-state index in [9.17, 15) is 0 Å². The van der Waals surface area contributed by atoms with Crippen LogP contribution in [0.5, 0.6) is 0 Å². The molecule has 1 unspecified atom stereocenters. The summed E-state index contributed by atoms with van der Waals surface area (Å²) in [5.41, 5.74) is 11.0. The lowest BCUT2D eigenvalue weighted by molar-refractivity contribution is 0.173. The van der Waals surface area contributed by atoms with Crippen LogP contribution in [0, 0.1) is 25.2 Å². The molecule has 0 spiro atoms. The van der Waals surface area contributed by atoms with Crippen molar-refractivity contribution in [2.45, 2.75) is 59.4 Å². The van der Waals surface area contributed by atoms with Gasteiger partial charge in [-0.05, 0) is 67.6 Å². The van der Waals surface area contributed by atoms with Crippen molar-refractivity contribution >= 4 is 0 Å². The summed E-state index contributed by atoms with van der Waals surface area (Å²) in [6.45, 7) is 9.10. The molecular weight excluding hydrogens is 218 g/mol. The van der Waals surface area contributed by atoms with Crippen LogP contribution in [0.2, 0.25) is 0 Å². The highest BCUT2D eigenvalue weighted by molar-refractivity contribution is 5.31. The number of hydrogen-bond acceptors (Lipinski definition) is 1. The van der Waals surface area contributed by atoms with Crippen LogP contribution in [0.25, 0.3) is 0 Å². The minimum Gasteiger partial charge on any atom is -0.324 e. The van der Waals surface area contributed by atoms with Gasteiger partial charge in [0.2, 0.25) is 0 Å². The van der Waals surface area contributed by atoms with Gasteiger partial charge >= 0.3 is 0 Å². The molecule has 1 saturated carbocycles. The molecule has 1 atom stereocenters. The third-order valence-corrected chi connectivity index (χ3v) is 4.81. The number of rotatable bonds is 2. The summed E-state index contributed by atoms with van der Waals surface area (Å²) in [6.07, 6.45) is 5.19. The highest BCUT2D eigenvalue weighted by atomic mass is 14.7. The maximum absolute atomic E-state index is 6.48. The van der Waals surface area contributed by atoms with Gasteiger partial charge in [-0.15, -0.1) is 0 Å². The smallest absolute Gasteiger partial charge is 0.0323 e. The molecule has 1 aromatic rings. The molecule has 1 nitrogen and oxygen atoms in total. The summed E-state index contributed by atoms with van der Waals surface area (Å²) >= 11 is 0. The molecule has 1 aromatic carbocycles. The highest BCUT2D eigenvalue weighted by Crippen LogP contribution is 2.42.